The third kappa shape index (κ3) is 3.48. The number of fused-ring (bicyclic) bond motifs is 1. The SMILES string of the molecule is CC(C)(C)C(=O)N1CCCN(c2ccnc3ccc(Cl)cc23)CC1. The van der Waals surface area contributed by atoms with Crippen LogP contribution < -0.4 is 4.90 Å². The summed E-state index contributed by atoms with van der Waals surface area (Å²) in [6.07, 6.45) is 2.81. The number of carbonyl (C=O) groups excluding carboxylic acids is 1. The Hall–Kier alpha value is -1.81. The second kappa shape index (κ2) is 6.60. The Balaban J connectivity index is 1.85. The van der Waals surface area contributed by atoms with Gasteiger partial charge in [0.1, 0.15) is 0 Å². The molecule has 0 unspecified atom stereocenters. The molecule has 0 aliphatic carbocycles. The van der Waals surface area contributed by atoms with Crippen molar-refractivity contribution in [2.24, 2.45) is 5.41 Å². The van der Waals surface area contributed by atoms with Gasteiger partial charge in [-0.3, -0.25) is 9.78 Å². The summed E-state index contributed by atoms with van der Waals surface area (Å²) < 4.78 is 0. The largest absolute Gasteiger partial charge is 0.369 e. The Kier molecular flexibility index (Phi) is 4.68. The first-order chi connectivity index (χ1) is 11.4. The molecule has 1 aromatic carbocycles. The lowest BCUT2D eigenvalue weighted by Gasteiger charge is -2.29. The number of hydrogen-bond acceptors (Lipinski definition) is 3. The molecule has 2 heterocycles. The summed E-state index contributed by atoms with van der Waals surface area (Å²) in [5, 5.41) is 1.79. The molecule has 0 radical (unpaired) electrons. The molecule has 0 saturated carbocycles. The zero-order chi connectivity index (χ0) is 17.3. The number of rotatable bonds is 1. The quantitative estimate of drug-likeness (QED) is 0.784. The number of halogens is 1. The van der Waals surface area contributed by atoms with Gasteiger partial charge in [-0.2, -0.15) is 0 Å². The minimum Gasteiger partial charge on any atom is -0.369 e. The molecule has 0 atom stereocenters. The Bertz CT molecular complexity index is 754. The summed E-state index contributed by atoms with van der Waals surface area (Å²) in [7, 11) is 0. The molecule has 1 saturated heterocycles. The topological polar surface area (TPSA) is 36.4 Å². The summed E-state index contributed by atoms with van der Waals surface area (Å²) in [6, 6.07) is 7.84. The molecule has 2 aromatic rings. The molecule has 5 heteroatoms. The molecule has 3 rings (SSSR count). The number of hydrogen-bond donors (Lipinski definition) is 0. The van der Waals surface area contributed by atoms with Crippen molar-refractivity contribution in [1.29, 1.82) is 0 Å². The zero-order valence-corrected chi connectivity index (χ0v) is 15.3. The highest BCUT2D eigenvalue weighted by atomic mass is 35.5. The summed E-state index contributed by atoms with van der Waals surface area (Å²) in [5.74, 6) is 0.229. The van der Waals surface area contributed by atoms with Crippen LogP contribution in [0.5, 0.6) is 0 Å². The van der Waals surface area contributed by atoms with Crippen LogP contribution >= 0.6 is 11.6 Å². The molecular formula is C19H24ClN3O. The fourth-order valence-electron chi connectivity index (χ4n) is 3.22. The maximum absolute atomic E-state index is 12.6. The van der Waals surface area contributed by atoms with E-state index in [1.165, 1.54) is 0 Å². The van der Waals surface area contributed by atoms with Gasteiger partial charge in [0.2, 0.25) is 5.91 Å². The van der Waals surface area contributed by atoms with Crippen molar-refractivity contribution in [1.82, 2.24) is 9.88 Å². The number of aromatic nitrogens is 1. The first kappa shape index (κ1) is 17.0. The highest BCUT2D eigenvalue weighted by Gasteiger charge is 2.28. The molecule has 24 heavy (non-hydrogen) atoms. The van der Waals surface area contributed by atoms with Gasteiger partial charge in [-0.05, 0) is 30.7 Å². The van der Waals surface area contributed by atoms with Crippen LogP contribution in [0, 0.1) is 5.41 Å². The number of nitrogens with zero attached hydrogens (tertiary/aromatic N) is 3. The standard InChI is InChI=1S/C19H24ClN3O/c1-19(2,3)18(24)23-10-4-9-22(11-12-23)17-7-8-21-16-6-5-14(20)13-15(16)17/h5-8,13H,4,9-12H2,1-3H3. The minimum absolute atomic E-state index is 0.229. The van der Waals surface area contributed by atoms with Crippen LogP contribution in [0.3, 0.4) is 0 Å². The number of anilines is 1. The van der Waals surface area contributed by atoms with Crippen LogP contribution in [0.15, 0.2) is 30.5 Å². The monoisotopic (exact) mass is 345 g/mol. The van der Waals surface area contributed by atoms with Gasteiger partial charge in [0.05, 0.1) is 5.52 Å². The van der Waals surface area contributed by atoms with E-state index >= 15 is 0 Å². The first-order valence-electron chi connectivity index (χ1n) is 8.45. The fraction of sp³-hybridized carbons (Fsp3) is 0.474. The van der Waals surface area contributed by atoms with Crippen LogP contribution in [-0.2, 0) is 4.79 Å². The van der Waals surface area contributed by atoms with E-state index in [0.29, 0.717) is 0 Å². The average molecular weight is 346 g/mol. The maximum Gasteiger partial charge on any atom is 0.228 e. The van der Waals surface area contributed by atoms with Crippen LogP contribution in [-0.4, -0.2) is 42.0 Å². The van der Waals surface area contributed by atoms with Gasteiger partial charge in [0.25, 0.3) is 0 Å². The molecule has 128 valence electrons. The van der Waals surface area contributed by atoms with E-state index in [1.54, 1.807) is 0 Å². The number of carbonyl (C=O) groups is 1. The lowest BCUT2D eigenvalue weighted by Crippen LogP contribution is -2.41. The van der Waals surface area contributed by atoms with Crippen molar-refractivity contribution < 1.29 is 4.79 Å². The molecule has 1 aromatic heterocycles. The van der Waals surface area contributed by atoms with Gasteiger partial charge >= 0.3 is 0 Å². The molecule has 1 aliphatic rings. The van der Waals surface area contributed by atoms with Crippen molar-refractivity contribution in [3.05, 3.63) is 35.5 Å². The van der Waals surface area contributed by atoms with E-state index in [2.05, 4.69) is 9.88 Å². The number of amides is 1. The van der Waals surface area contributed by atoms with Gasteiger partial charge in [-0.1, -0.05) is 32.4 Å². The minimum atomic E-state index is -0.327. The average Bonchev–Trinajstić information content (AvgIpc) is 2.78. The van der Waals surface area contributed by atoms with E-state index in [9.17, 15) is 4.79 Å². The van der Waals surface area contributed by atoms with Crippen molar-refractivity contribution in [2.75, 3.05) is 31.1 Å². The molecule has 0 spiro atoms. The lowest BCUT2D eigenvalue weighted by atomic mass is 9.94. The van der Waals surface area contributed by atoms with Crippen LogP contribution in [0.25, 0.3) is 10.9 Å². The summed E-state index contributed by atoms with van der Waals surface area (Å²) in [5.41, 5.74) is 1.77. The third-order valence-corrected chi connectivity index (χ3v) is 4.68. The molecular weight excluding hydrogens is 322 g/mol. The molecule has 4 nitrogen and oxygen atoms in total. The fourth-order valence-corrected chi connectivity index (χ4v) is 3.39. The van der Waals surface area contributed by atoms with Gasteiger partial charge in [-0.15, -0.1) is 0 Å². The maximum atomic E-state index is 12.6. The summed E-state index contributed by atoms with van der Waals surface area (Å²) in [6.45, 7) is 9.27. The zero-order valence-electron chi connectivity index (χ0n) is 14.6. The van der Waals surface area contributed by atoms with E-state index in [0.717, 1.165) is 54.2 Å². The highest BCUT2D eigenvalue weighted by molar-refractivity contribution is 6.31. The lowest BCUT2D eigenvalue weighted by molar-refractivity contribution is -0.139. The molecule has 0 bridgehead atoms. The number of benzene rings is 1. The Labute approximate surface area is 148 Å². The van der Waals surface area contributed by atoms with Crippen molar-refractivity contribution in [3.63, 3.8) is 0 Å². The molecule has 1 amide bonds. The normalized spacial score (nSPS) is 16.3. The van der Waals surface area contributed by atoms with Gasteiger partial charge in [0.15, 0.2) is 0 Å². The van der Waals surface area contributed by atoms with E-state index < -0.39 is 0 Å². The summed E-state index contributed by atoms with van der Waals surface area (Å²) in [4.78, 5) is 21.3. The van der Waals surface area contributed by atoms with Crippen molar-refractivity contribution in [2.45, 2.75) is 27.2 Å². The van der Waals surface area contributed by atoms with E-state index in [-0.39, 0.29) is 11.3 Å². The summed E-state index contributed by atoms with van der Waals surface area (Å²) >= 11 is 6.18. The highest BCUT2D eigenvalue weighted by Crippen LogP contribution is 2.29. The van der Waals surface area contributed by atoms with Gasteiger partial charge in [0, 0.05) is 53.9 Å². The predicted molar refractivity (Wildman–Crippen MR) is 99.6 cm³/mol. The second-order valence-corrected chi connectivity index (χ2v) is 7.81. The predicted octanol–water partition coefficient (Wildman–Crippen LogP) is 3.97. The van der Waals surface area contributed by atoms with E-state index in [4.69, 9.17) is 11.6 Å². The first-order valence-corrected chi connectivity index (χ1v) is 8.83. The van der Waals surface area contributed by atoms with E-state index in [1.807, 2.05) is 56.1 Å². The van der Waals surface area contributed by atoms with Crippen LogP contribution in [0.2, 0.25) is 5.02 Å². The Morgan fingerprint density at radius 1 is 1.12 bits per heavy atom. The van der Waals surface area contributed by atoms with Gasteiger partial charge < -0.3 is 9.80 Å². The Morgan fingerprint density at radius 2 is 1.92 bits per heavy atom. The van der Waals surface area contributed by atoms with Crippen LogP contribution in [0.1, 0.15) is 27.2 Å². The van der Waals surface area contributed by atoms with Crippen molar-refractivity contribution >= 4 is 34.1 Å². The van der Waals surface area contributed by atoms with Crippen molar-refractivity contribution in [3.8, 4) is 0 Å². The third-order valence-electron chi connectivity index (χ3n) is 4.45. The molecule has 0 N–H and O–H groups in total. The van der Waals surface area contributed by atoms with Crippen LogP contribution in [0.4, 0.5) is 5.69 Å². The Morgan fingerprint density at radius 3 is 2.67 bits per heavy atom. The smallest absolute Gasteiger partial charge is 0.228 e. The molecule has 1 aliphatic heterocycles. The molecule has 1 fully saturated rings. The number of pyridine rings is 1. The van der Waals surface area contributed by atoms with Gasteiger partial charge in [-0.25, -0.2) is 0 Å². The second-order valence-electron chi connectivity index (χ2n) is 7.37.